The summed E-state index contributed by atoms with van der Waals surface area (Å²) in [6, 6.07) is 13.4. The maximum Gasteiger partial charge on any atom is 0.264 e. The second-order valence-electron chi connectivity index (χ2n) is 5.65. The van der Waals surface area contributed by atoms with Gasteiger partial charge in [0.1, 0.15) is 6.54 Å². The normalized spacial score (nSPS) is 11.2. The summed E-state index contributed by atoms with van der Waals surface area (Å²) in [5.41, 5.74) is 1.41. The molecule has 0 saturated carbocycles. The Hall–Kier alpha value is -1.86. The molecule has 7 heteroatoms. The molecule has 0 bridgehead atoms. The van der Waals surface area contributed by atoms with Crippen LogP contribution in [0.25, 0.3) is 0 Å². The molecule has 134 valence electrons. The van der Waals surface area contributed by atoms with E-state index in [-0.39, 0.29) is 17.3 Å². The lowest BCUT2D eigenvalue weighted by Crippen LogP contribution is -2.41. The third-order valence-corrected chi connectivity index (χ3v) is 5.90. The summed E-state index contributed by atoms with van der Waals surface area (Å²) in [5, 5.41) is 2.72. The van der Waals surface area contributed by atoms with Crippen LogP contribution in [-0.2, 0) is 14.8 Å². The molecule has 0 unspecified atom stereocenters. The monoisotopic (exact) mass is 424 g/mol. The predicted octanol–water partition coefficient (Wildman–Crippen LogP) is 3.48. The van der Waals surface area contributed by atoms with E-state index >= 15 is 0 Å². The molecule has 5 nitrogen and oxygen atoms in total. The standard InChI is InChI=1S/C18H21BrN2O3S/c1-3-12-20-18(22)13-21(16-8-6-15(19)7-9-16)25(23,24)17-10-4-14(2)5-11-17/h4-11H,3,12-13H2,1-2H3,(H,20,22). The average Bonchev–Trinajstić information content (AvgIpc) is 2.59. The molecule has 0 aromatic heterocycles. The Bertz CT molecular complexity index is 818. The number of aryl methyl sites for hydroxylation is 1. The van der Waals surface area contributed by atoms with E-state index in [1.54, 1.807) is 48.5 Å². The fourth-order valence-electron chi connectivity index (χ4n) is 2.21. The maximum atomic E-state index is 13.1. The van der Waals surface area contributed by atoms with Crippen molar-refractivity contribution in [3.63, 3.8) is 0 Å². The Morgan fingerprint density at radius 3 is 2.24 bits per heavy atom. The highest BCUT2D eigenvalue weighted by molar-refractivity contribution is 9.10. The minimum absolute atomic E-state index is 0.157. The zero-order chi connectivity index (χ0) is 18.4. The molecule has 1 amide bonds. The van der Waals surface area contributed by atoms with E-state index in [9.17, 15) is 13.2 Å². The van der Waals surface area contributed by atoms with Crippen molar-refractivity contribution < 1.29 is 13.2 Å². The number of hydrogen-bond acceptors (Lipinski definition) is 3. The number of carbonyl (C=O) groups excluding carboxylic acids is 1. The number of sulfonamides is 1. The summed E-state index contributed by atoms with van der Waals surface area (Å²) in [5.74, 6) is -0.333. The highest BCUT2D eigenvalue weighted by atomic mass is 79.9. The summed E-state index contributed by atoms with van der Waals surface area (Å²) >= 11 is 3.34. The van der Waals surface area contributed by atoms with Crippen molar-refractivity contribution in [3.05, 3.63) is 58.6 Å². The third kappa shape index (κ3) is 5.06. The summed E-state index contributed by atoms with van der Waals surface area (Å²) in [7, 11) is -3.85. The van der Waals surface area contributed by atoms with Crippen molar-refractivity contribution in [2.75, 3.05) is 17.4 Å². The van der Waals surface area contributed by atoms with Gasteiger partial charge in [-0.1, -0.05) is 40.5 Å². The van der Waals surface area contributed by atoms with E-state index in [0.717, 1.165) is 20.8 Å². The second-order valence-corrected chi connectivity index (χ2v) is 8.43. The molecule has 0 atom stereocenters. The SMILES string of the molecule is CCCNC(=O)CN(c1ccc(Br)cc1)S(=O)(=O)c1ccc(C)cc1. The fourth-order valence-corrected chi connectivity index (χ4v) is 3.90. The molecule has 0 spiro atoms. The summed E-state index contributed by atoms with van der Waals surface area (Å²) < 4.78 is 28.1. The lowest BCUT2D eigenvalue weighted by atomic mass is 10.2. The highest BCUT2D eigenvalue weighted by Crippen LogP contribution is 2.25. The van der Waals surface area contributed by atoms with Gasteiger partial charge in [0.15, 0.2) is 0 Å². The van der Waals surface area contributed by atoms with Crippen molar-refractivity contribution in [3.8, 4) is 0 Å². The maximum absolute atomic E-state index is 13.1. The van der Waals surface area contributed by atoms with Crippen LogP contribution >= 0.6 is 15.9 Å². The molecule has 2 rings (SSSR count). The molecule has 0 aliphatic carbocycles. The molecule has 25 heavy (non-hydrogen) atoms. The minimum Gasteiger partial charge on any atom is -0.355 e. The molecular weight excluding hydrogens is 404 g/mol. The molecule has 0 aliphatic rings. The van der Waals surface area contributed by atoms with E-state index in [4.69, 9.17) is 0 Å². The first-order valence-electron chi connectivity index (χ1n) is 7.96. The largest absolute Gasteiger partial charge is 0.355 e. The zero-order valence-corrected chi connectivity index (χ0v) is 16.6. The second kappa shape index (κ2) is 8.49. The van der Waals surface area contributed by atoms with Crippen molar-refractivity contribution >= 4 is 37.5 Å². The van der Waals surface area contributed by atoms with Gasteiger partial charge in [0.2, 0.25) is 5.91 Å². The predicted molar refractivity (Wildman–Crippen MR) is 103 cm³/mol. The van der Waals surface area contributed by atoms with Gasteiger partial charge in [0.05, 0.1) is 10.6 Å². The first kappa shape index (κ1) is 19.5. The number of rotatable bonds is 7. The molecule has 1 N–H and O–H groups in total. The molecule has 0 heterocycles. The van der Waals surface area contributed by atoms with Gasteiger partial charge >= 0.3 is 0 Å². The van der Waals surface area contributed by atoms with Crippen molar-refractivity contribution in [2.45, 2.75) is 25.2 Å². The molecular formula is C18H21BrN2O3S. The van der Waals surface area contributed by atoms with Gasteiger partial charge in [-0.05, 0) is 49.7 Å². The van der Waals surface area contributed by atoms with Gasteiger partial charge < -0.3 is 5.32 Å². The Morgan fingerprint density at radius 2 is 1.68 bits per heavy atom. The average molecular weight is 425 g/mol. The molecule has 0 radical (unpaired) electrons. The first-order valence-corrected chi connectivity index (χ1v) is 10.2. The van der Waals surface area contributed by atoms with Crippen LogP contribution < -0.4 is 9.62 Å². The van der Waals surface area contributed by atoms with Gasteiger partial charge in [-0.3, -0.25) is 9.10 Å². The number of hydrogen-bond donors (Lipinski definition) is 1. The van der Waals surface area contributed by atoms with Crippen LogP contribution in [0.2, 0.25) is 0 Å². The lowest BCUT2D eigenvalue weighted by molar-refractivity contribution is -0.119. The van der Waals surface area contributed by atoms with E-state index in [1.807, 2.05) is 13.8 Å². The number of nitrogens with zero attached hydrogens (tertiary/aromatic N) is 1. The van der Waals surface area contributed by atoms with Crippen LogP contribution in [-0.4, -0.2) is 27.4 Å². The summed E-state index contributed by atoms with van der Waals surface area (Å²) in [4.78, 5) is 12.3. The smallest absolute Gasteiger partial charge is 0.264 e. The minimum atomic E-state index is -3.85. The van der Waals surface area contributed by atoms with Crippen LogP contribution in [0.1, 0.15) is 18.9 Å². The Balaban J connectivity index is 2.40. The zero-order valence-electron chi connectivity index (χ0n) is 14.2. The van der Waals surface area contributed by atoms with E-state index in [1.165, 1.54) is 0 Å². The molecule has 0 saturated heterocycles. The van der Waals surface area contributed by atoms with Crippen molar-refractivity contribution in [1.82, 2.24) is 5.32 Å². The van der Waals surface area contributed by atoms with E-state index in [2.05, 4.69) is 21.2 Å². The quantitative estimate of drug-likeness (QED) is 0.739. The Morgan fingerprint density at radius 1 is 1.08 bits per heavy atom. The number of anilines is 1. The molecule has 2 aromatic rings. The van der Waals surface area contributed by atoms with Crippen LogP contribution in [0.15, 0.2) is 57.9 Å². The number of nitrogens with one attached hydrogen (secondary N) is 1. The van der Waals surface area contributed by atoms with E-state index in [0.29, 0.717) is 12.2 Å². The van der Waals surface area contributed by atoms with Gasteiger partial charge in [0, 0.05) is 11.0 Å². The van der Waals surface area contributed by atoms with E-state index < -0.39 is 10.0 Å². The number of benzene rings is 2. The van der Waals surface area contributed by atoms with Crippen molar-refractivity contribution in [2.24, 2.45) is 0 Å². The summed E-state index contributed by atoms with van der Waals surface area (Å²) in [6.45, 7) is 4.08. The summed E-state index contributed by atoms with van der Waals surface area (Å²) in [6.07, 6.45) is 0.786. The molecule has 2 aromatic carbocycles. The first-order chi connectivity index (χ1) is 11.8. The van der Waals surface area contributed by atoms with Gasteiger partial charge in [-0.2, -0.15) is 0 Å². The van der Waals surface area contributed by atoms with Gasteiger partial charge in [0.25, 0.3) is 10.0 Å². The number of halogens is 1. The van der Waals surface area contributed by atoms with Gasteiger partial charge in [-0.15, -0.1) is 0 Å². The molecule has 0 aliphatic heterocycles. The third-order valence-electron chi connectivity index (χ3n) is 3.58. The highest BCUT2D eigenvalue weighted by Gasteiger charge is 2.27. The van der Waals surface area contributed by atoms with Crippen LogP contribution in [0.5, 0.6) is 0 Å². The number of carbonyl (C=O) groups is 1. The van der Waals surface area contributed by atoms with Crippen LogP contribution in [0.3, 0.4) is 0 Å². The lowest BCUT2D eigenvalue weighted by Gasteiger charge is -2.24. The van der Waals surface area contributed by atoms with Gasteiger partial charge in [-0.25, -0.2) is 8.42 Å². The van der Waals surface area contributed by atoms with Crippen LogP contribution in [0, 0.1) is 6.92 Å². The fraction of sp³-hybridized carbons (Fsp3) is 0.278. The topological polar surface area (TPSA) is 66.5 Å². The number of amides is 1. The van der Waals surface area contributed by atoms with Crippen molar-refractivity contribution in [1.29, 1.82) is 0 Å². The Kier molecular flexibility index (Phi) is 6.61. The van der Waals surface area contributed by atoms with Crippen LogP contribution in [0.4, 0.5) is 5.69 Å². The molecule has 0 fully saturated rings. The Labute approximate surface area is 157 Å².